The normalized spacial score (nSPS) is 21.8. The van der Waals surface area contributed by atoms with Gasteiger partial charge in [-0.1, -0.05) is 18.9 Å². The fourth-order valence-corrected chi connectivity index (χ4v) is 4.61. The number of imide groups is 1. The van der Waals surface area contributed by atoms with Crippen molar-refractivity contribution in [3.8, 4) is 0 Å². The second-order valence-electron chi connectivity index (χ2n) is 7.46. The first-order valence-electron chi connectivity index (χ1n) is 9.19. The largest absolute Gasteiger partial charge is 0.369 e. The van der Waals surface area contributed by atoms with Crippen LogP contribution in [0.2, 0.25) is 0 Å². The van der Waals surface area contributed by atoms with Gasteiger partial charge in [-0.25, -0.2) is 9.18 Å². The molecule has 2 fully saturated rings. The third-order valence-electron chi connectivity index (χ3n) is 5.89. The summed E-state index contributed by atoms with van der Waals surface area (Å²) in [5.74, 6) is -0.242. The molecule has 4 rings (SSSR count). The molecule has 1 saturated heterocycles. The van der Waals surface area contributed by atoms with E-state index in [4.69, 9.17) is 0 Å². The molecule has 1 aliphatic carbocycles. The van der Waals surface area contributed by atoms with E-state index in [1.54, 1.807) is 6.07 Å². The fraction of sp³-hybridized carbons (Fsp3) is 0.579. The summed E-state index contributed by atoms with van der Waals surface area (Å²) in [6.45, 7) is 3.71. The number of halogens is 1. The number of amides is 3. The van der Waals surface area contributed by atoms with Crippen LogP contribution in [-0.4, -0.2) is 42.0 Å². The SMILES string of the molecule is Cc1ccc(F)c2c1N(CCN1C(=O)NC3(CCCC3)C1=O)CCC2. The second kappa shape index (κ2) is 6.00. The summed E-state index contributed by atoms with van der Waals surface area (Å²) in [6.07, 6.45) is 5.08. The molecule has 1 spiro atoms. The Bertz CT molecular complexity index is 728. The van der Waals surface area contributed by atoms with E-state index in [1.165, 1.54) is 11.0 Å². The van der Waals surface area contributed by atoms with Crippen molar-refractivity contribution >= 4 is 17.6 Å². The Kier molecular flexibility index (Phi) is 3.93. The molecule has 1 N–H and O–H groups in total. The summed E-state index contributed by atoms with van der Waals surface area (Å²) in [5, 5.41) is 2.92. The first-order valence-corrected chi connectivity index (χ1v) is 9.19. The first kappa shape index (κ1) is 16.4. The van der Waals surface area contributed by atoms with Gasteiger partial charge in [-0.15, -0.1) is 0 Å². The number of hydrogen-bond donors (Lipinski definition) is 1. The van der Waals surface area contributed by atoms with Crippen LogP contribution in [0.25, 0.3) is 0 Å². The quantitative estimate of drug-likeness (QED) is 0.857. The number of carbonyl (C=O) groups excluding carboxylic acids is 2. The Morgan fingerprint density at radius 3 is 2.68 bits per heavy atom. The number of carbonyl (C=O) groups is 2. The number of fused-ring (bicyclic) bond motifs is 1. The average molecular weight is 345 g/mol. The molecule has 1 aromatic carbocycles. The summed E-state index contributed by atoms with van der Waals surface area (Å²) in [4.78, 5) is 28.5. The minimum absolute atomic E-state index is 0.0804. The van der Waals surface area contributed by atoms with Crippen molar-refractivity contribution in [1.29, 1.82) is 0 Å². The lowest BCUT2D eigenvalue weighted by molar-refractivity contribution is -0.131. The minimum atomic E-state index is -0.654. The predicted octanol–water partition coefficient (Wildman–Crippen LogP) is 2.75. The van der Waals surface area contributed by atoms with Gasteiger partial charge in [0.1, 0.15) is 11.4 Å². The number of benzene rings is 1. The second-order valence-corrected chi connectivity index (χ2v) is 7.46. The zero-order valence-electron chi connectivity index (χ0n) is 14.6. The molecule has 134 valence electrons. The highest BCUT2D eigenvalue weighted by Gasteiger charge is 2.52. The first-order chi connectivity index (χ1) is 12.0. The van der Waals surface area contributed by atoms with Crippen LogP contribution in [0.3, 0.4) is 0 Å². The third-order valence-corrected chi connectivity index (χ3v) is 5.89. The number of aryl methyl sites for hydroxylation is 1. The Balaban J connectivity index is 1.51. The maximum absolute atomic E-state index is 14.1. The molecular formula is C19H24FN3O2. The summed E-state index contributed by atoms with van der Waals surface area (Å²) in [7, 11) is 0. The van der Waals surface area contributed by atoms with Gasteiger partial charge < -0.3 is 10.2 Å². The van der Waals surface area contributed by atoms with Crippen molar-refractivity contribution in [2.45, 2.75) is 51.0 Å². The van der Waals surface area contributed by atoms with Crippen LogP contribution in [0.4, 0.5) is 14.9 Å². The lowest BCUT2D eigenvalue weighted by Gasteiger charge is -2.34. The molecule has 2 aliphatic heterocycles. The van der Waals surface area contributed by atoms with E-state index >= 15 is 0 Å². The third kappa shape index (κ3) is 2.58. The Morgan fingerprint density at radius 1 is 1.16 bits per heavy atom. The number of rotatable bonds is 3. The van der Waals surface area contributed by atoms with E-state index in [9.17, 15) is 14.0 Å². The maximum Gasteiger partial charge on any atom is 0.325 e. The standard InChI is InChI=1S/C19H24FN3O2/c1-13-6-7-15(20)14-5-4-10-22(16(13)14)11-12-23-17(24)19(21-18(23)25)8-2-3-9-19/h6-7H,2-5,8-12H2,1H3,(H,21,25). The van der Waals surface area contributed by atoms with Gasteiger partial charge in [0.2, 0.25) is 0 Å². The molecule has 0 aromatic heterocycles. The molecule has 1 saturated carbocycles. The molecule has 0 unspecified atom stereocenters. The zero-order chi connectivity index (χ0) is 17.6. The number of hydrogen-bond acceptors (Lipinski definition) is 3. The Morgan fingerprint density at radius 2 is 1.92 bits per heavy atom. The van der Waals surface area contributed by atoms with Crippen molar-refractivity contribution in [3.63, 3.8) is 0 Å². The van der Waals surface area contributed by atoms with Crippen molar-refractivity contribution in [1.82, 2.24) is 10.2 Å². The van der Waals surface area contributed by atoms with Crippen molar-refractivity contribution in [2.24, 2.45) is 0 Å². The topological polar surface area (TPSA) is 52.6 Å². The molecule has 5 nitrogen and oxygen atoms in total. The molecule has 3 aliphatic rings. The van der Waals surface area contributed by atoms with Crippen molar-refractivity contribution < 1.29 is 14.0 Å². The van der Waals surface area contributed by atoms with Gasteiger partial charge in [0.15, 0.2) is 0 Å². The highest BCUT2D eigenvalue weighted by molar-refractivity contribution is 6.07. The van der Waals surface area contributed by atoms with Crippen molar-refractivity contribution in [3.05, 3.63) is 29.1 Å². The number of nitrogens with zero attached hydrogens (tertiary/aromatic N) is 2. The molecular weight excluding hydrogens is 321 g/mol. The van der Waals surface area contributed by atoms with Crippen LogP contribution >= 0.6 is 0 Å². The molecule has 3 amide bonds. The number of nitrogens with one attached hydrogen (secondary N) is 1. The van der Waals surface area contributed by atoms with E-state index in [0.717, 1.165) is 61.9 Å². The van der Waals surface area contributed by atoms with Crippen LogP contribution < -0.4 is 10.2 Å². The van der Waals surface area contributed by atoms with Gasteiger partial charge in [0.05, 0.1) is 0 Å². The summed E-state index contributed by atoms with van der Waals surface area (Å²) < 4.78 is 14.1. The van der Waals surface area contributed by atoms with E-state index < -0.39 is 5.54 Å². The predicted molar refractivity (Wildman–Crippen MR) is 93.1 cm³/mol. The molecule has 2 heterocycles. The van der Waals surface area contributed by atoms with Crippen LogP contribution in [0.1, 0.15) is 43.2 Å². The molecule has 0 radical (unpaired) electrons. The van der Waals surface area contributed by atoms with Gasteiger partial charge in [-0.2, -0.15) is 0 Å². The van der Waals surface area contributed by atoms with E-state index in [-0.39, 0.29) is 17.8 Å². The lowest BCUT2D eigenvalue weighted by Crippen LogP contribution is -2.45. The monoisotopic (exact) mass is 345 g/mol. The van der Waals surface area contributed by atoms with E-state index in [2.05, 4.69) is 10.2 Å². The van der Waals surface area contributed by atoms with E-state index in [0.29, 0.717) is 13.1 Å². The maximum atomic E-state index is 14.1. The lowest BCUT2D eigenvalue weighted by atomic mass is 9.97. The number of urea groups is 1. The highest BCUT2D eigenvalue weighted by Crippen LogP contribution is 2.36. The highest BCUT2D eigenvalue weighted by atomic mass is 19.1. The van der Waals surface area contributed by atoms with Gasteiger partial charge >= 0.3 is 6.03 Å². The number of anilines is 1. The molecule has 0 atom stereocenters. The van der Waals surface area contributed by atoms with Crippen LogP contribution in [0.5, 0.6) is 0 Å². The smallest absolute Gasteiger partial charge is 0.325 e. The van der Waals surface area contributed by atoms with Crippen LogP contribution in [-0.2, 0) is 11.2 Å². The fourth-order valence-electron chi connectivity index (χ4n) is 4.61. The van der Waals surface area contributed by atoms with E-state index in [1.807, 2.05) is 6.92 Å². The van der Waals surface area contributed by atoms with Gasteiger partial charge in [0, 0.05) is 30.9 Å². The van der Waals surface area contributed by atoms with Crippen LogP contribution in [0, 0.1) is 12.7 Å². The van der Waals surface area contributed by atoms with Gasteiger partial charge in [-0.05, 0) is 44.2 Å². The Labute approximate surface area is 147 Å². The van der Waals surface area contributed by atoms with Crippen molar-refractivity contribution in [2.75, 3.05) is 24.5 Å². The minimum Gasteiger partial charge on any atom is -0.369 e. The Hall–Kier alpha value is -2.11. The van der Waals surface area contributed by atoms with Crippen LogP contribution in [0.15, 0.2) is 12.1 Å². The molecule has 25 heavy (non-hydrogen) atoms. The van der Waals surface area contributed by atoms with Gasteiger partial charge in [-0.3, -0.25) is 9.69 Å². The summed E-state index contributed by atoms with van der Waals surface area (Å²) in [6, 6.07) is 3.05. The summed E-state index contributed by atoms with van der Waals surface area (Å²) >= 11 is 0. The average Bonchev–Trinajstić information content (AvgIpc) is 3.16. The summed E-state index contributed by atoms with van der Waals surface area (Å²) in [5.41, 5.74) is 2.09. The zero-order valence-corrected chi connectivity index (χ0v) is 14.6. The molecule has 6 heteroatoms. The molecule has 1 aromatic rings. The molecule has 0 bridgehead atoms. The van der Waals surface area contributed by atoms with Gasteiger partial charge in [0.25, 0.3) is 5.91 Å².